The van der Waals surface area contributed by atoms with E-state index < -0.39 is 0 Å². The molecule has 0 spiro atoms. The highest BCUT2D eigenvalue weighted by Crippen LogP contribution is 2.35. The van der Waals surface area contributed by atoms with Crippen LogP contribution in [0.2, 0.25) is 10.0 Å². The Kier molecular flexibility index (Phi) is 9.64. The average molecular weight is 631 g/mol. The molecule has 3 rings (SSSR count). The molecule has 0 aromatic heterocycles. The van der Waals surface area contributed by atoms with Crippen LogP contribution in [0, 0.1) is 0 Å². The maximum Gasteiger partial charge on any atom is 0.271 e. The Balaban J connectivity index is 1.65. The molecule has 1 N–H and O–H groups in total. The van der Waals surface area contributed by atoms with E-state index in [2.05, 4.69) is 42.4 Å². The molecule has 3 aromatic rings. The number of hydrogen-bond donors (Lipinski definition) is 1. The molecular weight excluding hydrogens is 611 g/mol. The number of rotatable bonds is 9. The van der Waals surface area contributed by atoms with E-state index >= 15 is 0 Å². The van der Waals surface area contributed by atoms with Gasteiger partial charge in [0.25, 0.3) is 5.91 Å². The second kappa shape index (κ2) is 12.4. The SMILES string of the molecule is CCOc1ccc(C(=O)N/N=C/c2cc(Br)c(OCc3ccc(Cl)cc3Cl)c(Br)c2)cc1OC. The van der Waals surface area contributed by atoms with Gasteiger partial charge in [0.05, 0.1) is 28.9 Å². The van der Waals surface area contributed by atoms with Crippen molar-refractivity contribution >= 4 is 67.2 Å². The summed E-state index contributed by atoms with van der Waals surface area (Å²) in [6.45, 7) is 2.64. The first-order valence-electron chi connectivity index (χ1n) is 10.0. The van der Waals surface area contributed by atoms with Crippen LogP contribution in [0.25, 0.3) is 0 Å². The summed E-state index contributed by atoms with van der Waals surface area (Å²) >= 11 is 19.2. The molecule has 0 aliphatic heterocycles. The highest BCUT2D eigenvalue weighted by molar-refractivity contribution is 9.11. The fourth-order valence-electron chi connectivity index (χ4n) is 2.89. The summed E-state index contributed by atoms with van der Waals surface area (Å²) < 4.78 is 18.1. The predicted molar refractivity (Wildman–Crippen MR) is 142 cm³/mol. The molecule has 0 heterocycles. The van der Waals surface area contributed by atoms with Crippen LogP contribution >= 0.6 is 55.1 Å². The fourth-order valence-corrected chi connectivity index (χ4v) is 4.81. The van der Waals surface area contributed by atoms with Gasteiger partial charge in [-0.05, 0) is 86.8 Å². The van der Waals surface area contributed by atoms with E-state index in [-0.39, 0.29) is 12.5 Å². The summed E-state index contributed by atoms with van der Waals surface area (Å²) in [6.07, 6.45) is 1.53. The van der Waals surface area contributed by atoms with E-state index in [0.29, 0.717) is 48.4 Å². The van der Waals surface area contributed by atoms with Gasteiger partial charge in [0.2, 0.25) is 0 Å². The number of carbonyl (C=O) groups excluding carboxylic acids is 1. The molecule has 0 aliphatic carbocycles. The third-order valence-corrected chi connectivity index (χ3v) is 6.28. The van der Waals surface area contributed by atoms with Gasteiger partial charge in [-0.15, -0.1) is 0 Å². The third kappa shape index (κ3) is 6.88. The molecule has 0 saturated heterocycles. The van der Waals surface area contributed by atoms with Crippen LogP contribution in [0.15, 0.2) is 62.6 Å². The predicted octanol–water partition coefficient (Wildman–Crippen LogP) is 7.27. The lowest BCUT2D eigenvalue weighted by Crippen LogP contribution is -2.17. The van der Waals surface area contributed by atoms with Gasteiger partial charge in [-0.3, -0.25) is 4.79 Å². The van der Waals surface area contributed by atoms with Crippen LogP contribution in [0.1, 0.15) is 28.4 Å². The molecule has 3 aromatic carbocycles. The Labute approximate surface area is 224 Å². The number of ether oxygens (including phenoxy) is 3. The Hall–Kier alpha value is -2.26. The van der Waals surface area contributed by atoms with Gasteiger partial charge >= 0.3 is 0 Å². The largest absolute Gasteiger partial charge is 0.493 e. The lowest BCUT2D eigenvalue weighted by atomic mass is 10.2. The maximum absolute atomic E-state index is 12.4. The first kappa shape index (κ1) is 26.3. The summed E-state index contributed by atoms with van der Waals surface area (Å²) in [5.41, 5.74) is 4.45. The van der Waals surface area contributed by atoms with Gasteiger partial charge in [-0.1, -0.05) is 29.3 Å². The van der Waals surface area contributed by atoms with E-state index in [1.807, 2.05) is 25.1 Å². The molecule has 0 aliphatic rings. The Bertz CT molecular complexity index is 1200. The minimum Gasteiger partial charge on any atom is -0.493 e. The van der Waals surface area contributed by atoms with Gasteiger partial charge in [-0.25, -0.2) is 5.43 Å². The number of nitrogens with zero attached hydrogens (tertiary/aromatic N) is 1. The smallest absolute Gasteiger partial charge is 0.271 e. The maximum atomic E-state index is 12.4. The van der Waals surface area contributed by atoms with Crippen LogP contribution in [-0.2, 0) is 6.61 Å². The van der Waals surface area contributed by atoms with E-state index in [0.717, 1.165) is 11.1 Å². The number of carbonyl (C=O) groups is 1. The number of benzene rings is 3. The molecule has 0 radical (unpaired) electrons. The highest BCUT2D eigenvalue weighted by atomic mass is 79.9. The van der Waals surface area contributed by atoms with Crippen LogP contribution in [0.5, 0.6) is 17.2 Å². The summed E-state index contributed by atoms with van der Waals surface area (Å²) in [5.74, 6) is 1.27. The van der Waals surface area contributed by atoms with Crippen molar-refractivity contribution in [2.45, 2.75) is 13.5 Å². The van der Waals surface area contributed by atoms with Crippen LogP contribution in [-0.4, -0.2) is 25.8 Å². The zero-order valence-corrected chi connectivity index (χ0v) is 22.9. The highest BCUT2D eigenvalue weighted by Gasteiger charge is 2.12. The molecule has 6 nitrogen and oxygen atoms in total. The first-order valence-corrected chi connectivity index (χ1v) is 12.4. The number of halogens is 4. The molecule has 0 fully saturated rings. The van der Waals surface area contributed by atoms with Crippen LogP contribution < -0.4 is 19.6 Å². The Morgan fingerprint density at radius 3 is 2.41 bits per heavy atom. The Morgan fingerprint density at radius 2 is 1.76 bits per heavy atom. The van der Waals surface area contributed by atoms with Crippen molar-refractivity contribution in [1.82, 2.24) is 5.43 Å². The normalized spacial score (nSPS) is 10.9. The second-order valence-corrected chi connectivity index (χ2v) is 9.39. The monoisotopic (exact) mass is 628 g/mol. The summed E-state index contributed by atoms with van der Waals surface area (Å²) in [7, 11) is 1.52. The van der Waals surface area contributed by atoms with Crippen molar-refractivity contribution in [3.63, 3.8) is 0 Å². The van der Waals surface area contributed by atoms with Gasteiger partial charge in [0, 0.05) is 21.2 Å². The molecular formula is C24H20Br2Cl2N2O4. The van der Waals surface area contributed by atoms with Gasteiger partial charge in [0.1, 0.15) is 12.4 Å². The molecule has 10 heteroatoms. The van der Waals surface area contributed by atoms with E-state index in [1.54, 1.807) is 30.3 Å². The number of nitrogens with one attached hydrogen (secondary N) is 1. The van der Waals surface area contributed by atoms with E-state index in [4.69, 9.17) is 37.4 Å². The Morgan fingerprint density at radius 1 is 1.03 bits per heavy atom. The van der Waals surface area contributed by atoms with Crippen molar-refractivity contribution in [3.05, 3.63) is 84.2 Å². The zero-order valence-electron chi connectivity index (χ0n) is 18.2. The topological polar surface area (TPSA) is 69.2 Å². The fraction of sp³-hybridized carbons (Fsp3) is 0.167. The summed E-state index contributed by atoms with van der Waals surface area (Å²) in [6, 6.07) is 13.8. The summed E-state index contributed by atoms with van der Waals surface area (Å²) in [4.78, 5) is 12.4. The van der Waals surface area contributed by atoms with Crippen LogP contribution in [0.4, 0.5) is 0 Å². The van der Waals surface area contributed by atoms with Crippen molar-refractivity contribution < 1.29 is 19.0 Å². The number of amides is 1. The van der Waals surface area contributed by atoms with Crippen molar-refractivity contribution in [3.8, 4) is 17.2 Å². The van der Waals surface area contributed by atoms with E-state index in [9.17, 15) is 4.79 Å². The molecule has 34 heavy (non-hydrogen) atoms. The number of methoxy groups -OCH3 is 1. The average Bonchev–Trinajstić information content (AvgIpc) is 2.80. The van der Waals surface area contributed by atoms with Crippen molar-refractivity contribution in [2.75, 3.05) is 13.7 Å². The van der Waals surface area contributed by atoms with E-state index in [1.165, 1.54) is 13.3 Å². The van der Waals surface area contributed by atoms with Gasteiger partial charge in [0.15, 0.2) is 11.5 Å². The number of hydrazone groups is 1. The van der Waals surface area contributed by atoms with Crippen LogP contribution in [0.3, 0.4) is 0 Å². The molecule has 0 bridgehead atoms. The van der Waals surface area contributed by atoms with Gasteiger partial charge in [-0.2, -0.15) is 5.10 Å². The van der Waals surface area contributed by atoms with Crippen molar-refractivity contribution in [1.29, 1.82) is 0 Å². The quantitative estimate of drug-likeness (QED) is 0.199. The van der Waals surface area contributed by atoms with Gasteiger partial charge < -0.3 is 14.2 Å². The van der Waals surface area contributed by atoms with Crippen molar-refractivity contribution in [2.24, 2.45) is 5.10 Å². The molecule has 178 valence electrons. The third-order valence-electron chi connectivity index (χ3n) is 4.51. The molecule has 1 amide bonds. The molecule has 0 unspecified atom stereocenters. The zero-order chi connectivity index (χ0) is 24.7. The molecule has 0 saturated carbocycles. The molecule has 0 atom stereocenters. The summed E-state index contributed by atoms with van der Waals surface area (Å²) in [5, 5.41) is 5.14. The standard InChI is InChI=1S/C24H20Br2Cl2N2O4/c1-3-33-21-7-5-15(10-22(21)32-2)24(31)30-29-12-14-8-18(25)23(19(26)9-14)34-13-16-4-6-17(27)11-20(16)28/h4-12H,3,13H2,1-2H3,(H,30,31)/b29-12+. The minimum atomic E-state index is -0.379. The lowest BCUT2D eigenvalue weighted by molar-refractivity contribution is 0.0954. The first-order chi connectivity index (χ1) is 16.3. The minimum absolute atomic E-state index is 0.266. The number of hydrogen-bond acceptors (Lipinski definition) is 5. The lowest BCUT2D eigenvalue weighted by Gasteiger charge is -2.12. The second-order valence-electron chi connectivity index (χ2n) is 6.84.